The molecule has 1 N–H and O–H groups in total. The average Bonchev–Trinajstić information content (AvgIpc) is 2.87. The second-order valence-corrected chi connectivity index (χ2v) is 6.50. The van der Waals surface area contributed by atoms with Gasteiger partial charge in [-0.2, -0.15) is 5.10 Å². The second-order valence-electron chi connectivity index (χ2n) is 3.27. The van der Waals surface area contributed by atoms with Crippen LogP contribution >= 0.6 is 43.2 Å². The van der Waals surface area contributed by atoms with Gasteiger partial charge < -0.3 is 5.32 Å². The highest BCUT2D eigenvalue weighted by atomic mass is 79.9. The van der Waals surface area contributed by atoms with Crippen LogP contribution in [0, 0.1) is 0 Å². The molecule has 0 spiro atoms. The van der Waals surface area contributed by atoms with Gasteiger partial charge in [-0.1, -0.05) is 0 Å². The predicted octanol–water partition coefficient (Wildman–Crippen LogP) is 3.74. The van der Waals surface area contributed by atoms with Gasteiger partial charge in [0.2, 0.25) is 0 Å². The van der Waals surface area contributed by atoms with Crippen molar-refractivity contribution in [1.82, 2.24) is 9.78 Å². The molecule has 7 heteroatoms. The number of hydrogen-bond acceptors (Lipinski definition) is 3. The van der Waals surface area contributed by atoms with Crippen LogP contribution in [0.1, 0.15) is 16.6 Å². The Kier molecular flexibility index (Phi) is 4.01. The van der Waals surface area contributed by atoms with Gasteiger partial charge in [0.15, 0.2) is 0 Å². The number of carbonyl (C=O) groups is 1. The van der Waals surface area contributed by atoms with Crippen LogP contribution in [0.2, 0.25) is 0 Å². The Bertz CT molecular complexity index is 530. The van der Waals surface area contributed by atoms with Gasteiger partial charge in [0.25, 0.3) is 5.91 Å². The lowest BCUT2D eigenvalue weighted by atomic mass is 10.4. The highest BCUT2D eigenvalue weighted by molar-refractivity contribution is 9.13. The highest BCUT2D eigenvalue weighted by Crippen LogP contribution is 2.32. The molecule has 0 bridgehead atoms. The van der Waals surface area contributed by atoms with E-state index in [-0.39, 0.29) is 5.91 Å². The molecule has 17 heavy (non-hydrogen) atoms. The first-order chi connectivity index (χ1) is 8.10. The number of halogens is 2. The van der Waals surface area contributed by atoms with Crippen LogP contribution in [0.25, 0.3) is 0 Å². The standard InChI is InChI=1S/C10H9Br2N3OS/c1-2-15-5-6(4-13-15)14-10(16)8-3-7(11)9(12)17-8/h3-5H,2H2,1H3,(H,14,16). The summed E-state index contributed by atoms with van der Waals surface area (Å²) in [6.45, 7) is 2.78. The van der Waals surface area contributed by atoms with Gasteiger partial charge in [0.05, 0.1) is 20.5 Å². The number of thiophene rings is 1. The first-order valence-electron chi connectivity index (χ1n) is 4.88. The van der Waals surface area contributed by atoms with Crippen LogP contribution in [-0.4, -0.2) is 15.7 Å². The molecule has 0 saturated heterocycles. The third-order valence-electron chi connectivity index (χ3n) is 2.08. The fourth-order valence-electron chi connectivity index (χ4n) is 1.25. The van der Waals surface area contributed by atoms with E-state index in [1.54, 1.807) is 23.1 Å². The summed E-state index contributed by atoms with van der Waals surface area (Å²) >= 11 is 8.10. The maximum absolute atomic E-state index is 11.9. The maximum atomic E-state index is 11.9. The van der Waals surface area contributed by atoms with Gasteiger partial charge in [-0.25, -0.2) is 0 Å². The minimum Gasteiger partial charge on any atom is -0.319 e. The van der Waals surface area contributed by atoms with Crippen molar-refractivity contribution in [3.05, 3.63) is 31.6 Å². The molecule has 2 heterocycles. The van der Waals surface area contributed by atoms with Crippen LogP contribution in [0.4, 0.5) is 5.69 Å². The molecule has 2 aromatic heterocycles. The molecule has 0 aliphatic rings. The van der Waals surface area contributed by atoms with Crippen molar-refractivity contribution in [2.75, 3.05) is 5.32 Å². The molecule has 0 fully saturated rings. The van der Waals surface area contributed by atoms with Crippen molar-refractivity contribution < 1.29 is 4.79 Å². The lowest BCUT2D eigenvalue weighted by molar-refractivity contribution is 0.103. The van der Waals surface area contributed by atoms with Crippen LogP contribution in [0.3, 0.4) is 0 Å². The van der Waals surface area contributed by atoms with Crippen LogP contribution in [0.15, 0.2) is 26.7 Å². The Morgan fingerprint density at radius 3 is 2.88 bits per heavy atom. The number of aryl methyl sites for hydroxylation is 1. The Hall–Kier alpha value is -0.660. The van der Waals surface area contributed by atoms with E-state index in [1.165, 1.54) is 11.3 Å². The first-order valence-corrected chi connectivity index (χ1v) is 7.29. The summed E-state index contributed by atoms with van der Waals surface area (Å²) in [5.74, 6) is -0.128. The summed E-state index contributed by atoms with van der Waals surface area (Å²) < 4.78 is 3.55. The Morgan fingerprint density at radius 2 is 2.35 bits per heavy atom. The minimum atomic E-state index is -0.128. The van der Waals surface area contributed by atoms with Crippen molar-refractivity contribution in [3.8, 4) is 0 Å². The summed E-state index contributed by atoms with van der Waals surface area (Å²) in [5.41, 5.74) is 0.706. The van der Waals surface area contributed by atoms with Gasteiger partial charge >= 0.3 is 0 Å². The highest BCUT2D eigenvalue weighted by Gasteiger charge is 2.12. The van der Waals surface area contributed by atoms with Gasteiger partial charge in [0.1, 0.15) is 0 Å². The molecule has 1 amide bonds. The molecule has 0 unspecified atom stereocenters. The first kappa shape index (κ1) is 12.8. The Labute approximate surface area is 119 Å². The molecular formula is C10H9Br2N3OS. The zero-order valence-electron chi connectivity index (χ0n) is 8.91. The van der Waals surface area contributed by atoms with Crippen LogP contribution < -0.4 is 5.32 Å². The zero-order valence-corrected chi connectivity index (χ0v) is 12.9. The zero-order chi connectivity index (χ0) is 12.4. The number of carbonyl (C=O) groups excluding carboxylic acids is 1. The van der Waals surface area contributed by atoms with Gasteiger partial charge in [-0.3, -0.25) is 9.48 Å². The molecule has 0 atom stereocenters. The van der Waals surface area contributed by atoms with Crippen LogP contribution in [0.5, 0.6) is 0 Å². The van der Waals surface area contributed by atoms with Gasteiger partial charge in [-0.05, 0) is 44.8 Å². The van der Waals surface area contributed by atoms with Crippen molar-refractivity contribution in [2.45, 2.75) is 13.5 Å². The molecule has 0 aliphatic heterocycles. The maximum Gasteiger partial charge on any atom is 0.265 e. The third kappa shape index (κ3) is 2.97. The summed E-state index contributed by atoms with van der Waals surface area (Å²) in [6, 6.07) is 1.79. The summed E-state index contributed by atoms with van der Waals surface area (Å²) in [7, 11) is 0. The van der Waals surface area contributed by atoms with E-state index in [0.29, 0.717) is 10.6 Å². The summed E-state index contributed by atoms with van der Waals surface area (Å²) in [4.78, 5) is 12.5. The quantitative estimate of drug-likeness (QED) is 0.884. The average molecular weight is 379 g/mol. The van der Waals surface area contributed by atoms with E-state index in [0.717, 1.165) is 14.8 Å². The second kappa shape index (κ2) is 5.32. The van der Waals surface area contributed by atoms with E-state index in [2.05, 4.69) is 42.3 Å². The van der Waals surface area contributed by atoms with Crippen molar-refractivity contribution >= 4 is 54.8 Å². The smallest absolute Gasteiger partial charge is 0.265 e. The SMILES string of the molecule is CCn1cc(NC(=O)c2cc(Br)c(Br)s2)cn1. The summed E-state index contributed by atoms with van der Waals surface area (Å²) in [6.07, 6.45) is 3.44. The van der Waals surface area contributed by atoms with Crippen molar-refractivity contribution in [3.63, 3.8) is 0 Å². The topological polar surface area (TPSA) is 46.9 Å². The molecule has 90 valence electrons. The number of nitrogens with zero attached hydrogens (tertiary/aromatic N) is 2. The van der Waals surface area contributed by atoms with E-state index in [1.807, 2.05) is 6.92 Å². The molecule has 0 saturated carbocycles. The van der Waals surface area contributed by atoms with Gasteiger partial charge in [-0.15, -0.1) is 11.3 Å². The third-order valence-corrected chi connectivity index (χ3v) is 5.34. The summed E-state index contributed by atoms with van der Waals surface area (Å²) in [5, 5.41) is 6.89. The number of amides is 1. The molecule has 4 nitrogen and oxygen atoms in total. The lowest BCUT2D eigenvalue weighted by Gasteiger charge is -1.98. The largest absolute Gasteiger partial charge is 0.319 e. The number of hydrogen-bond donors (Lipinski definition) is 1. The number of aromatic nitrogens is 2. The lowest BCUT2D eigenvalue weighted by Crippen LogP contribution is -2.09. The monoisotopic (exact) mass is 377 g/mol. The van der Waals surface area contributed by atoms with Crippen LogP contribution in [-0.2, 0) is 6.54 Å². The Morgan fingerprint density at radius 1 is 1.59 bits per heavy atom. The molecule has 2 aromatic rings. The Balaban J connectivity index is 2.11. The van der Waals surface area contributed by atoms with E-state index in [4.69, 9.17) is 0 Å². The number of anilines is 1. The van der Waals surface area contributed by atoms with E-state index in [9.17, 15) is 4.79 Å². The fourth-order valence-corrected chi connectivity index (χ4v) is 3.18. The van der Waals surface area contributed by atoms with Crippen molar-refractivity contribution in [2.24, 2.45) is 0 Å². The molecule has 0 radical (unpaired) electrons. The number of nitrogens with one attached hydrogen (secondary N) is 1. The fraction of sp³-hybridized carbons (Fsp3) is 0.200. The molecule has 2 rings (SSSR count). The number of rotatable bonds is 3. The van der Waals surface area contributed by atoms with E-state index < -0.39 is 0 Å². The molecule has 0 aromatic carbocycles. The predicted molar refractivity (Wildman–Crippen MR) is 75.6 cm³/mol. The minimum absolute atomic E-state index is 0.128. The van der Waals surface area contributed by atoms with E-state index >= 15 is 0 Å². The molecule has 0 aliphatic carbocycles. The molecular weight excluding hydrogens is 370 g/mol. The normalized spacial score (nSPS) is 10.5. The van der Waals surface area contributed by atoms with Crippen molar-refractivity contribution in [1.29, 1.82) is 0 Å². The van der Waals surface area contributed by atoms with Gasteiger partial charge in [0, 0.05) is 17.2 Å².